The van der Waals surface area contributed by atoms with Crippen LogP contribution in [0.1, 0.15) is 24.0 Å². The molecule has 1 amide bonds. The molecule has 0 spiro atoms. The van der Waals surface area contributed by atoms with E-state index in [0.717, 1.165) is 16.9 Å². The highest BCUT2D eigenvalue weighted by Gasteiger charge is 2.39. The molecular formula is C25H24ClN3O4S. The van der Waals surface area contributed by atoms with E-state index in [-0.39, 0.29) is 11.4 Å². The molecule has 1 atom stereocenters. The fourth-order valence-corrected chi connectivity index (χ4v) is 5.45. The van der Waals surface area contributed by atoms with Crippen LogP contribution in [0.3, 0.4) is 0 Å². The lowest BCUT2D eigenvalue weighted by Crippen LogP contribution is -2.44. The third-order valence-corrected chi connectivity index (χ3v) is 7.62. The number of rotatable bonds is 8. The molecule has 0 saturated carbocycles. The van der Waals surface area contributed by atoms with Gasteiger partial charge in [-0.15, -0.1) is 0 Å². The lowest BCUT2D eigenvalue weighted by molar-refractivity contribution is -0.124. The molecule has 1 fully saturated rings. The number of carbonyl (C=O) groups is 1. The van der Waals surface area contributed by atoms with Crippen molar-refractivity contribution < 1.29 is 17.9 Å². The number of halogens is 1. The Morgan fingerprint density at radius 1 is 1.06 bits per heavy atom. The second-order valence-electron chi connectivity index (χ2n) is 7.81. The summed E-state index contributed by atoms with van der Waals surface area (Å²) >= 11 is 5.86. The first-order valence-electron chi connectivity index (χ1n) is 10.8. The number of nitrogens with zero attached hydrogens (tertiary/aromatic N) is 2. The van der Waals surface area contributed by atoms with Gasteiger partial charge in [-0.25, -0.2) is 13.8 Å². The Labute approximate surface area is 204 Å². The third-order valence-electron chi connectivity index (χ3n) is 5.44. The molecule has 1 heterocycles. The molecule has 0 aliphatic carbocycles. The van der Waals surface area contributed by atoms with Gasteiger partial charge < -0.3 is 4.74 Å². The highest BCUT2D eigenvalue weighted by atomic mass is 35.5. The monoisotopic (exact) mass is 497 g/mol. The lowest BCUT2D eigenvalue weighted by atomic mass is 10.2. The van der Waals surface area contributed by atoms with E-state index in [1.54, 1.807) is 0 Å². The number of ether oxygens (including phenoxy) is 1. The van der Waals surface area contributed by atoms with E-state index in [1.165, 1.54) is 34.8 Å². The van der Waals surface area contributed by atoms with Gasteiger partial charge in [0.25, 0.3) is 5.91 Å². The van der Waals surface area contributed by atoms with Gasteiger partial charge in [-0.2, -0.15) is 9.41 Å². The highest BCUT2D eigenvalue weighted by molar-refractivity contribution is 7.89. The molecule has 1 N–H and O–H groups in total. The third kappa shape index (κ3) is 5.83. The van der Waals surface area contributed by atoms with Gasteiger partial charge in [0.15, 0.2) is 0 Å². The molecule has 3 aromatic rings. The Kier molecular flexibility index (Phi) is 7.62. The molecule has 7 nitrogen and oxygen atoms in total. The maximum Gasteiger partial charge on any atom is 0.258 e. The summed E-state index contributed by atoms with van der Waals surface area (Å²) in [7, 11) is -3.81. The number of sulfonamides is 1. The molecule has 1 aliphatic heterocycles. The van der Waals surface area contributed by atoms with Gasteiger partial charge in [-0.3, -0.25) is 4.79 Å². The maximum atomic E-state index is 13.0. The largest absolute Gasteiger partial charge is 0.489 e. The second kappa shape index (κ2) is 10.8. The van der Waals surface area contributed by atoms with Crippen molar-refractivity contribution >= 4 is 33.7 Å². The van der Waals surface area contributed by atoms with Crippen molar-refractivity contribution in [1.82, 2.24) is 9.73 Å². The van der Waals surface area contributed by atoms with E-state index in [1.807, 2.05) is 54.6 Å². The average molecular weight is 498 g/mol. The fourth-order valence-electron chi connectivity index (χ4n) is 3.67. The van der Waals surface area contributed by atoms with Gasteiger partial charge in [0, 0.05) is 11.6 Å². The van der Waals surface area contributed by atoms with Crippen LogP contribution in [0.5, 0.6) is 5.75 Å². The van der Waals surface area contributed by atoms with Crippen LogP contribution in [0.4, 0.5) is 0 Å². The summed E-state index contributed by atoms with van der Waals surface area (Å²) in [6, 6.07) is 22.3. The van der Waals surface area contributed by atoms with Crippen molar-refractivity contribution in [1.29, 1.82) is 0 Å². The molecule has 34 heavy (non-hydrogen) atoms. The summed E-state index contributed by atoms with van der Waals surface area (Å²) in [5.41, 5.74) is 4.32. The van der Waals surface area contributed by atoms with E-state index < -0.39 is 22.0 Å². The number of carbonyl (C=O) groups excluding carboxylic acids is 1. The molecule has 0 unspecified atom stereocenters. The first-order chi connectivity index (χ1) is 16.4. The van der Waals surface area contributed by atoms with Gasteiger partial charge in [0.05, 0.1) is 11.1 Å². The number of amides is 1. The summed E-state index contributed by atoms with van der Waals surface area (Å²) in [5.74, 6) is 0.258. The minimum atomic E-state index is -3.81. The summed E-state index contributed by atoms with van der Waals surface area (Å²) in [6.45, 7) is 0.748. The molecule has 176 valence electrons. The number of hydrazone groups is 1. The van der Waals surface area contributed by atoms with Crippen LogP contribution < -0.4 is 10.2 Å². The van der Waals surface area contributed by atoms with Crippen molar-refractivity contribution in [2.45, 2.75) is 30.4 Å². The van der Waals surface area contributed by atoms with Gasteiger partial charge in [-0.05, 0) is 72.5 Å². The van der Waals surface area contributed by atoms with Crippen molar-refractivity contribution in [2.24, 2.45) is 5.10 Å². The van der Waals surface area contributed by atoms with Crippen molar-refractivity contribution in [3.05, 3.63) is 95.0 Å². The van der Waals surface area contributed by atoms with Gasteiger partial charge >= 0.3 is 0 Å². The average Bonchev–Trinajstić information content (AvgIpc) is 3.36. The summed E-state index contributed by atoms with van der Waals surface area (Å²) < 4.78 is 33.0. The van der Waals surface area contributed by atoms with Crippen LogP contribution in [0, 0.1) is 0 Å². The molecule has 0 bridgehead atoms. The zero-order valence-electron chi connectivity index (χ0n) is 18.3. The van der Waals surface area contributed by atoms with Crippen LogP contribution in [-0.2, 0) is 21.4 Å². The predicted octanol–water partition coefficient (Wildman–Crippen LogP) is 4.22. The van der Waals surface area contributed by atoms with E-state index in [2.05, 4.69) is 10.5 Å². The smallest absolute Gasteiger partial charge is 0.258 e. The first kappa shape index (κ1) is 23.9. The first-order valence-corrected chi connectivity index (χ1v) is 12.6. The Morgan fingerprint density at radius 3 is 2.47 bits per heavy atom. The summed E-state index contributed by atoms with van der Waals surface area (Å²) in [6.07, 6.45) is 2.53. The zero-order chi connectivity index (χ0) is 24.0. The van der Waals surface area contributed by atoms with Crippen LogP contribution in [0.2, 0.25) is 5.02 Å². The molecule has 4 rings (SSSR count). The summed E-state index contributed by atoms with van der Waals surface area (Å²) in [4.78, 5) is 12.8. The van der Waals surface area contributed by atoms with E-state index in [9.17, 15) is 13.2 Å². The van der Waals surface area contributed by atoms with Crippen molar-refractivity contribution in [2.75, 3.05) is 6.54 Å². The Bertz CT molecular complexity index is 1250. The highest BCUT2D eigenvalue weighted by Crippen LogP contribution is 2.27. The number of hydrogen-bond acceptors (Lipinski definition) is 5. The number of benzene rings is 3. The van der Waals surface area contributed by atoms with Crippen LogP contribution >= 0.6 is 11.6 Å². The Balaban J connectivity index is 1.33. The SMILES string of the molecule is O=C(N/N=C\c1ccc(OCc2ccccc2)cc1)[C@@H]1CCCN1S(=O)(=O)c1ccc(Cl)cc1. The molecule has 1 saturated heterocycles. The predicted molar refractivity (Wildman–Crippen MR) is 131 cm³/mol. The molecule has 0 radical (unpaired) electrons. The van der Waals surface area contributed by atoms with Crippen LogP contribution in [0.25, 0.3) is 0 Å². The summed E-state index contributed by atoms with van der Waals surface area (Å²) in [5, 5.41) is 4.45. The molecule has 0 aromatic heterocycles. The van der Waals surface area contributed by atoms with Gasteiger partial charge in [-0.1, -0.05) is 41.9 Å². The van der Waals surface area contributed by atoms with Crippen molar-refractivity contribution in [3.63, 3.8) is 0 Å². The van der Waals surface area contributed by atoms with Crippen LogP contribution in [-0.4, -0.2) is 37.4 Å². The standard InChI is InChI=1S/C25H24ClN3O4S/c26-21-10-14-23(15-11-21)34(31,32)29-16-4-7-24(29)25(30)28-27-17-19-8-12-22(13-9-19)33-18-20-5-2-1-3-6-20/h1-3,5-6,8-15,17,24H,4,7,16,18H2,(H,28,30)/b27-17-/t24-/m0/s1. The minimum absolute atomic E-state index is 0.106. The quantitative estimate of drug-likeness (QED) is 0.373. The Hall–Kier alpha value is -3.20. The topological polar surface area (TPSA) is 88.1 Å². The molecule has 3 aromatic carbocycles. The maximum absolute atomic E-state index is 13.0. The van der Waals surface area contributed by atoms with Gasteiger partial charge in [0.1, 0.15) is 18.4 Å². The van der Waals surface area contributed by atoms with E-state index in [0.29, 0.717) is 24.5 Å². The number of hydrogen-bond donors (Lipinski definition) is 1. The minimum Gasteiger partial charge on any atom is -0.489 e. The molecule has 9 heteroatoms. The molecule has 1 aliphatic rings. The fraction of sp³-hybridized carbons (Fsp3) is 0.200. The lowest BCUT2D eigenvalue weighted by Gasteiger charge is -2.22. The normalized spacial score (nSPS) is 16.6. The van der Waals surface area contributed by atoms with Crippen LogP contribution in [0.15, 0.2) is 88.9 Å². The number of nitrogens with one attached hydrogen (secondary N) is 1. The van der Waals surface area contributed by atoms with E-state index in [4.69, 9.17) is 16.3 Å². The van der Waals surface area contributed by atoms with E-state index >= 15 is 0 Å². The second-order valence-corrected chi connectivity index (χ2v) is 10.1. The Morgan fingerprint density at radius 2 is 1.76 bits per heavy atom. The molecular weight excluding hydrogens is 474 g/mol. The van der Waals surface area contributed by atoms with Gasteiger partial charge in [0.2, 0.25) is 10.0 Å². The zero-order valence-corrected chi connectivity index (χ0v) is 19.9. The van der Waals surface area contributed by atoms with Crippen molar-refractivity contribution in [3.8, 4) is 5.75 Å².